The number of anilines is 1. The van der Waals surface area contributed by atoms with Crippen LogP contribution in [0.4, 0.5) is 5.88 Å². The van der Waals surface area contributed by atoms with Crippen LogP contribution in [-0.4, -0.2) is 63.2 Å². The van der Waals surface area contributed by atoms with Crippen LogP contribution in [0.3, 0.4) is 0 Å². The van der Waals surface area contributed by atoms with Crippen molar-refractivity contribution in [3.63, 3.8) is 0 Å². The smallest absolute Gasteiger partial charge is 0.218 e. The molecule has 1 heterocycles. The predicted octanol–water partition coefficient (Wildman–Crippen LogP) is -0.00290. The van der Waals surface area contributed by atoms with Gasteiger partial charge >= 0.3 is 0 Å². The number of rotatable bonds is 7. The summed E-state index contributed by atoms with van der Waals surface area (Å²) < 4.78 is 5.30. The van der Waals surface area contributed by atoms with Crippen molar-refractivity contribution in [1.82, 2.24) is 20.5 Å². The van der Waals surface area contributed by atoms with Crippen molar-refractivity contribution in [3.8, 4) is 6.19 Å². The highest BCUT2D eigenvalue weighted by atomic mass is 16.4. The van der Waals surface area contributed by atoms with Gasteiger partial charge in [0, 0.05) is 26.7 Å². The fourth-order valence-electron chi connectivity index (χ4n) is 1.67. The van der Waals surface area contributed by atoms with E-state index in [0.29, 0.717) is 19.0 Å². The quantitative estimate of drug-likeness (QED) is 0.316. The lowest BCUT2D eigenvalue weighted by atomic mass is 10.4. The van der Waals surface area contributed by atoms with Crippen LogP contribution >= 0.6 is 0 Å². The van der Waals surface area contributed by atoms with Crippen LogP contribution in [0.1, 0.15) is 5.69 Å². The molecule has 0 saturated heterocycles. The molecule has 21 heavy (non-hydrogen) atoms. The number of aryl methyl sites for hydroxylation is 1. The normalized spacial score (nSPS) is 11.3. The lowest BCUT2D eigenvalue weighted by Crippen LogP contribution is -2.39. The minimum absolute atomic E-state index is 0.488. The number of aliphatic imine (C=N–C) groups is 1. The van der Waals surface area contributed by atoms with E-state index in [9.17, 15) is 0 Å². The fraction of sp³-hybridized carbons (Fsp3) is 0.615. The molecule has 8 nitrogen and oxygen atoms in total. The van der Waals surface area contributed by atoms with Gasteiger partial charge in [0.25, 0.3) is 0 Å². The highest BCUT2D eigenvalue weighted by Gasteiger charge is 2.08. The Balaban J connectivity index is 2.43. The highest BCUT2D eigenvalue weighted by Crippen LogP contribution is 2.15. The zero-order chi connectivity index (χ0) is 15.7. The molecule has 2 N–H and O–H groups in total. The Bertz CT molecular complexity index is 489. The van der Waals surface area contributed by atoms with Crippen molar-refractivity contribution < 1.29 is 4.42 Å². The number of nitrogens with one attached hydrogen (secondary N) is 2. The topological polar surface area (TPSA) is 92.7 Å². The van der Waals surface area contributed by atoms with Crippen LogP contribution < -0.4 is 15.5 Å². The molecule has 0 bridgehead atoms. The summed E-state index contributed by atoms with van der Waals surface area (Å²) in [7, 11) is 5.90. The average molecular weight is 293 g/mol. The molecular weight excluding hydrogens is 270 g/mol. The van der Waals surface area contributed by atoms with Gasteiger partial charge in [0.15, 0.2) is 12.6 Å². The second kappa shape index (κ2) is 8.81. The Morgan fingerprint density at radius 1 is 1.43 bits per heavy atom. The Morgan fingerprint density at radius 3 is 2.76 bits per heavy atom. The molecule has 0 aromatic carbocycles. The number of oxazole rings is 1. The standard InChI is InChI=1S/C13H23N7O/c1-11-12(21-10-18-11)20(4)8-6-16-13(17-9-14)15-5-7-19(2)3/h10H,5-8H2,1-4H3,(H2,15,16,17). The Kier molecular flexibility index (Phi) is 7.04. The lowest BCUT2D eigenvalue weighted by molar-refractivity contribution is 0.412. The molecule has 1 aromatic heterocycles. The number of guanidine groups is 1. The zero-order valence-electron chi connectivity index (χ0n) is 13.1. The molecule has 1 rings (SSSR count). The molecule has 0 aliphatic rings. The molecule has 0 saturated carbocycles. The third-order valence-corrected chi connectivity index (χ3v) is 2.80. The van der Waals surface area contributed by atoms with Crippen LogP contribution in [0, 0.1) is 18.4 Å². The minimum atomic E-state index is 0.488. The summed E-state index contributed by atoms with van der Waals surface area (Å²) >= 11 is 0. The Hall–Kier alpha value is -2.27. The third kappa shape index (κ3) is 6.14. The van der Waals surface area contributed by atoms with E-state index < -0.39 is 0 Å². The van der Waals surface area contributed by atoms with Crippen molar-refractivity contribution in [1.29, 1.82) is 5.26 Å². The number of nitrogens with zero attached hydrogens (tertiary/aromatic N) is 5. The first-order valence-corrected chi connectivity index (χ1v) is 6.74. The van der Waals surface area contributed by atoms with Gasteiger partial charge in [-0.3, -0.25) is 10.3 Å². The van der Waals surface area contributed by atoms with Gasteiger partial charge in [0.05, 0.1) is 6.54 Å². The van der Waals surface area contributed by atoms with Crippen LogP contribution in [0.15, 0.2) is 15.8 Å². The third-order valence-electron chi connectivity index (χ3n) is 2.80. The Labute approximate surface area is 125 Å². The minimum Gasteiger partial charge on any atom is -0.428 e. The first-order chi connectivity index (χ1) is 10.0. The van der Waals surface area contributed by atoms with Gasteiger partial charge in [-0.1, -0.05) is 0 Å². The molecular formula is C13H23N7O. The maximum Gasteiger partial charge on any atom is 0.218 e. The van der Waals surface area contributed by atoms with Crippen LogP contribution in [0.25, 0.3) is 0 Å². The van der Waals surface area contributed by atoms with E-state index in [1.165, 1.54) is 6.39 Å². The van der Waals surface area contributed by atoms with E-state index in [0.717, 1.165) is 24.7 Å². The first-order valence-electron chi connectivity index (χ1n) is 6.74. The van der Waals surface area contributed by atoms with Gasteiger partial charge < -0.3 is 19.5 Å². The largest absolute Gasteiger partial charge is 0.428 e. The van der Waals surface area contributed by atoms with E-state index in [1.54, 1.807) is 0 Å². The summed E-state index contributed by atoms with van der Waals surface area (Å²) in [5.41, 5.74) is 0.848. The lowest BCUT2D eigenvalue weighted by Gasteiger charge is -2.15. The summed E-state index contributed by atoms with van der Waals surface area (Å²) in [6, 6.07) is 0. The number of likely N-dealkylation sites (N-methyl/N-ethyl adjacent to an activating group) is 2. The molecule has 116 valence electrons. The summed E-state index contributed by atoms with van der Waals surface area (Å²) in [5, 5.41) is 14.4. The van der Waals surface area contributed by atoms with Gasteiger partial charge in [0.2, 0.25) is 11.8 Å². The van der Waals surface area contributed by atoms with E-state index in [4.69, 9.17) is 9.68 Å². The maximum atomic E-state index is 8.71. The molecule has 1 aromatic rings. The molecule has 0 fully saturated rings. The predicted molar refractivity (Wildman–Crippen MR) is 82.1 cm³/mol. The van der Waals surface area contributed by atoms with Crippen molar-refractivity contribution in [2.75, 3.05) is 52.2 Å². The molecule has 0 unspecified atom stereocenters. The van der Waals surface area contributed by atoms with E-state index in [-0.39, 0.29) is 0 Å². The summed E-state index contributed by atoms with van der Waals surface area (Å²) in [5.74, 6) is 1.22. The molecule has 0 aliphatic heterocycles. The van der Waals surface area contributed by atoms with Crippen LogP contribution in [-0.2, 0) is 0 Å². The molecule has 0 radical (unpaired) electrons. The monoisotopic (exact) mass is 293 g/mol. The van der Waals surface area contributed by atoms with Gasteiger partial charge in [-0.05, 0) is 21.0 Å². The molecule has 0 amide bonds. The zero-order valence-corrected chi connectivity index (χ0v) is 13.1. The molecule has 8 heteroatoms. The number of aromatic nitrogens is 1. The number of nitriles is 1. The van der Waals surface area contributed by atoms with Crippen molar-refractivity contribution >= 4 is 11.8 Å². The van der Waals surface area contributed by atoms with Gasteiger partial charge in [-0.25, -0.2) is 4.98 Å². The maximum absolute atomic E-state index is 8.71. The average Bonchev–Trinajstić information content (AvgIpc) is 2.84. The number of hydrogen-bond donors (Lipinski definition) is 2. The van der Waals surface area contributed by atoms with Crippen LogP contribution in [0.2, 0.25) is 0 Å². The molecule has 0 spiro atoms. The number of hydrogen-bond acceptors (Lipinski definition) is 6. The van der Waals surface area contributed by atoms with Crippen molar-refractivity contribution in [3.05, 3.63) is 12.1 Å². The van der Waals surface area contributed by atoms with Crippen molar-refractivity contribution in [2.24, 2.45) is 4.99 Å². The SMILES string of the molecule is Cc1ncoc1N(C)CCN=C(NC#N)NCCN(C)C. The highest BCUT2D eigenvalue weighted by molar-refractivity contribution is 5.81. The van der Waals surface area contributed by atoms with Gasteiger partial charge in [0.1, 0.15) is 5.69 Å². The van der Waals surface area contributed by atoms with E-state index in [2.05, 4.69) is 25.5 Å². The van der Waals surface area contributed by atoms with Gasteiger partial charge in [-0.2, -0.15) is 5.26 Å². The van der Waals surface area contributed by atoms with E-state index in [1.807, 2.05) is 39.2 Å². The van der Waals surface area contributed by atoms with E-state index >= 15 is 0 Å². The summed E-state index contributed by atoms with van der Waals surface area (Å²) in [6.45, 7) is 4.68. The summed E-state index contributed by atoms with van der Waals surface area (Å²) in [6.07, 6.45) is 3.31. The van der Waals surface area contributed by atoms with Gasteiger partial charge in [-0.15, -0.1) is 0 Å². The second-order valence-corrected chi connectivity index (χ2v) is 4.86. The molecule has 0 atom stereocenters. The Morgan fingerprint density at radius 2 is 2.19 bits per heavy atom. The fourth-order valence-corrected chi connectivity index (χ4v) is 1.67. The first kappa shape index (κ1) is 16.8. The van der Waals surface area contributed by atoms with Crippen molar-refractivity contribution in [2.45, 2.75) is 6.92 Å². The van der Waals surface area contributed by atoms with Crippen LogP contribution in [0.5, 0.6) is 0 Å². The second-order valence-electron chi connectivity index (χ2n) is 4.86. The molecule has 0 aliphatic carbocycles. The summed E-state index contributed by atoms with van der Waals surface area (Å²) in [4.78, 5) is 12.4.